The van der Waals surface area contributed by atoms with E-state index >= 15 is 0 Å². The number of rotatable bonds is 8. The molecule has 1 aliphatic rings. The molecule has 2 heterocycles. The summed E-state index contributed by atoms with van der Waals surface area (Å²) in [6.07, 6.45) is -3.38. The molecule has 0 spiro atoms. The Kier molecular flexibility index (Phi) is 3.59. The molecule has 0 radical (unpaired) electrons. The van der Waals surface area contributed by atoms with Crippen molar-refractivity contribution in [2.75, 3.05) is 51.4 Å². The number of carbonyl (C=O) groups is 1. The summed E-state index contributed by atoms with van der Waals surface area (Å²) in [6, 6.07) is 2.53. The number of hydrogen-bond donors (Lipinski definition) is 2. The molecule has 1 fully saturated rings. The largest absolute Gasteiger partial charge is 0.493 e. The van der Waals surface area contributed by atoms with Crippen molar-refractivity contribution in [2.45, 2.75) is 25.3 Å². The summed E-state index contributed by atoms with van der Waals surface area (Å²) in [5.74, 6) is -1.68. The summed E-state index contributed by atoms with van der Waals surface area (Å²) >= 11 is 0. The molecular weight excluding hydrogens is 362 g/mol. The van der Waals surface area contributed by atoms with Crippen molar-refractivity contribution in [1.82, 2.24) is 15.3 Å². The molecule has 3 rings (SSSR count). The summed E-state index contributed by atoms with van der Waals surface area (Å²) in [5, 5.41) is 2.13. The van der Waals surface area contributed by atoms with E-state index in [0.29, 0.717) is 24.3 Å². The van der Waals surface area contributed by atoms with Crippen LogP contribution in [0.2, 0.25) is 0 Å². The third-order valence-corrected chi connectivity index (χ3v) is 4.10. The van der Waals surface area contributed by atoms with Gasteiger partial charge in [0.15, 0.2) is 11.5 Å². The lowest BCUT2D eigenvalue weighted by Gasteiger charge is -2.19. The molecule has 1 aromatic heterocycles. The highest BCUT2D eigenvalue weighted by molar-refractivity contribution is 5.91. The van der Waals surface area contributed by atoms with Crippen LogP contribution in [0.1, 0.15) is 31.6 Å². The predicted molar refractivity (Wildman–Crippen MR) is 107 cm³/mol. The molecule has 1 aliphatic heterocycles. The Morgan fingerprint density at radius 2 is 2.29 bits per heavy atom. The van der Waals surface area contributed by atoms with Gasteiger partial charge in [-0.05, 0) is 25.3 Å². The second-order valence-corrected chi connectivity index (χ2v) is 5.94. The molecule has 0 bridgehead atoms. The van der Waals surface area contributed by atoms with Gasteiger partial charge in [0.25, 0.3) is 0 Å². The van der Waals surface area contributed by atoms with Crippen molar-refractivity contribution in [3.63, 3.8) is 0 Å². The number of nitrogens with one attached hydrogen (secondary N) is 1. The van der Waals surface area contributed by atoms with Crippen LogP contribution in [0.15, 0.2) is 12.1 Å². The summed E-state index contributed by atoms with van der Waals surface area (Å²) in [5.41, 5.74) is 6.05. The Morgan fingerprint density at radius 3 is 3.00 bits per heavy atom. The molecule has 9 heteroatoms. The molecule has 152 valence electrons. The van der Waals surface area contributed by atoms with E-state index in [1.807, 2.05) is 5.32 Å². The van der Waals surface area contributed by atoms with E-state index < -0.39 is 44.4 Å². The maximum absolute atomic E-state index is 12.4. The normalized spacial score (nSPS) is 22.9. The minimum atomic E-state index is -3.34. The number of ether oxygens (including phenoxy) is 3. The minimum Gasteiger partial charge on any atom is -0.493 e. The molecule has 1 amide bonds. The van der Waals surface area contributed by atoms with Gasteiger partial charge in [0.2, 0.25) is 11.9 Å². The van der Waals surface area contributed by atoms with Gasteiger partial charge in [0.05, 0.1) is 23.8 Å². The van der Waals surface area contributed by atoms with Gasteiger partial charge >= 0.3 is 0 Å². The summed E-state index contributed by atoms with van der Waals surface area (Å²) in [7, 11) is -0.443. The van der Waals surface area contributed by atoms with Crippen LogP contribution >= 0.6 is 0 Å². The van der Waals surface area contributed by atoms with Crippen LogP contribution in [0.25, 0.3) is 10.9 Å². The fourth-order valence-electron chi connectivity index (χ4n) is 2.66. The SMILES string of the molecule is [2H]C([2H])([2H])Oc1cc2nc(N(C)C([2H])([2H])C([2H])([2H])C([2H])([2H])NC(=O)C3CCCO3)nc(N)c2cc1OC. The number of nitrogens with zero attached hydrogens (tertiary/aromatic N) is 3. The monoisotopic (exact) mass is 398 g/mol. The Labute approximate surface area is 176 Å². The lowest BCUT2D eigenvalue weighted by Crippen LogP contribution is -2.36. The molecule has 1 unspecified atom stereocenters. The third-order valence-electron chi connectivity index (χ3n) is 4.10. The lowest BCUT2D eigenvalue weighted by atomic mass is 10.2. The number of fused-ring (bicyclic) bond motifs is 1. The molecule has 28 heavy (non-hydrogen) atoms. The van der Waals surface area contributed by atoms with Crippen LogP contribution in [0.3, 0.4) is 0 Å². The molecule has 0 saturated carbocycles. The van der Waals surface area contributed by atoms with Crippen molar-refractivity contribution < 1.29 is 31.3 Å². The van der Waals surface area contributed by atoms with Gasteiger partial charge in [-0.3, -0.25) is 4.79 Å². The molecular formula is C19H27N5O4. The Hall–Kier alpha value is -2.81. The van der Waals surface area contributed by atoms with Gasteiger partial charge in [-0.2, -0.15) is 4.98 Å². The topological polar surface area (TPSA) is 112 Å². The van der Waals surface area contributed by atoms with Crippen LogP contribution < -0.4 is 25.4 Å². The molecule has 1 atom stereocenters. The Bertz CT molecular complexity index is 1170. The predicted octanol–water partition coefficient (Wildman–Crippen LogP) is 1.35. The van der Waals surface area contributed by atoms with E-state index in [2.05, 4.69) is 9.97 Å². The van der Waals surface area contributed by atoms with E-state index in [4.69, 9.17) is 32.3 Å². The maximum atomic E-state index is 12.4. The quantitative estimate of drug-likeness (QED) is 0.685. The molecule has 0 aliphatic carbocycles. The summed E-state index contributed by atoms with van der Waals surface area (Å²) in [4.78, 5) is 21.2. The number of nitrogens with two attached hydrogens (primary N) is 1. The smallest absolute Gasteiger partial charge is 0.249 e. The van der Waals surface area contributed by atoms with Crippen molar-refractivity contribution in [3.8, 4) is 11.5 Å². The van der Waals surface area contributed by atoms with E-state index in [0.717, 1.165) is 7.05 Å². The first kappa shape index (κ1) is 11.3. The highest BCUT2D eigenvalue weighted by Gasteiger charge is 2.22. The number of carbonyl (C=O) groups excluding carboxylic acids is 1. The first-order valence-electron chi connectivity index (χ1n) is 12.9. The first-order chi connectivity index (χ1) is 16.9. The van der Waals surface area contributed by atoms with Crippen LogP contribution in [-0.4, -0.2) is 62.8 Å². The zero-order valence-electron chi connectivity index (χ0n) is 24.4. The number of benzene rings is 1. The van der Waals surface area contributed by atoms with Crippen molar-refractivity contribution >= 4 is 28.6 Å². The molecule has 1 aromatic carbocycles. The van der Waals surface area contributed by atoms with Gasteiger partial charge in [-0.1, -0.05) is 0 Å². The van der Waals surface area contributed by atoms with Crippen molar-refractivity contribution in [1.29, 1.82) is 0 Å². The molecule has 9 nitrogen and oxygen atoms in total. The van der Waals surface area contributed by atoms with E-state index in [1.54, 1.807) is 0 Å². The number of nitrogen functional groups attached to an aromatic ring is 1. The number of aromatic nitrogens is 2. The average molecular weight is 399 g/mol. The van der Waals surface area contributed by atoms with Crippen LogP contribution in [0, 0.1) is 0 Å². The summed E-state index contributed by atoms with van der Waals surface area (Å²) in [6.45, 7) is -6.00. The van der Waals surface area contributed by atoms with Gasteiger partial charge in [0.1, 0.15) is 11.9 Å². The maximum Gasteiger partial charge on any atom is 0.249 e. The zero-order valence-corrected chi connectivity index (χ0v) is 15.4. The second kappa shape index (κ2) is 8.92. The standard InChI is InChI=1S/C19H27N5O4/c1-24(8-5-7-21-18(25)14-6-4-9-28-14)19-22-13-11-16(27-3)15(26-2)10-12(13)17(20)23-19/h10-11,14H,4-9H2,1-3H3,(H,21,25)(H2,20,22,23)/i3D3,5D2,7D2,8D2. The van der Waals surface area contributed by atoms with Crippen LogP contribution in [0.5, 0.6) is 11.5 Å². The number of methoxy groups -OCH3 is 2. The number of hydrogen-bond acceptors (Lipinski definition) is 8. The third kappa shape index (κ3) is 4.36. The van der Waals surface area contributed by atoms with Gasteiger partial charge in [-0.15, -0.1) is 0 Å². The Balaban J connectivity index is 1.98. The zero-order chi connectivity index (χ0) is 28.0. The van der Waals surface area contributed by atoms with Gasteiger partial charge in [-0.25, -0.2) is 4.98 Å². The highest BCUT2D eigenvalue weighted by atomic mass is 16.5. The molecule has 3 N–H and O–H groups in total. The van der Waals surface area contributed by atoms with Crippen LogP contribution in [0.4, 0.5) is 11.8 Å². The van der Waals surface area contributed by atoms with Crippen LogP contribution in [-0.2, 0) is 9.53 Å². The van der Waals surface area contributed by atoms with E-state index in [-0.39, 0.29) is 28.2 Å². The fraction of sp³-hybridized carbons (Fsp3) is 0.526. The van der Waals surface area contributed by atoms with E-state index in [1.165, 1.54) is 19.2 Å². The molecule has 1 saturated heterocycles. The average Bonchev–Trinajstić information content (AvgIpc) is 3.31. The minimum absolute atomic E-state index is 0.0282. The fourth-order valence-corrected chi connectivity index (χ4v) is 2.66. The van der Waals surface area contributed by atoms with Gasteiger partial charge < -0.3 is 30.2 Å². The van der Waals surface area contributed by atoms with Gasteiger partial charge in [0, 0.05) is 46.3 Å². The molecule has 2 aromatic rings. The lowest BCUT2D eigenvalue weighted by molar-refractivity contribution is -0.130. The number of amides is 1. The second-order valence-electron chi connectivity index (χ2n) is 5.94. The first-order valence-corrected chi connectivity index (χ1v) is 8.43. The number of anilines is 2. The summed E-state index contributed by atoms with van der Waals surface area (Å²) < 4.78 is 87.1. The van der Waals surface area contributed by atoms with Crippen molar-refractivity contribution in [3.05, 3.63) is 12.1 Å². The van der Waals surface area contributed by atoms with E-state index in [9.17, 15) is 4.79 Å². The highest BCUT2D eigenvalue weighted by Crippen LogP contribution is 2.33. The van der Waals surface area contributed by atoms with Crippen molar-refractivity contribution in [2.24, 2.45) is 0 Å². The Morgan fingerprint density at radius 1 is 1.46 bits per heavy atom.